The summed E-state index contributed by atoms with van der Waals surface area (Å²) in [5.41, 5.74) is 2.52. The molecule has 0 bridgehead atoms. The van der Waals surface area contributed by atoms with Gasteiger partial charge in [-0.05, 0) is 13.8 Å². The topological polar surface area (TPSA) is 56.0 Å². The summed E-state index contributed by atoms with van der Waals surface area (Å²) in [6, 6.07) is 0. The van der Waals surface area contributed by atoms with Crippen molar-refractivity contribution in [2.24, 2.45) is 0 Å². The van der Waals surface area contributed by atoms with E-state index in [-0.39, 0.29) is 0 Å². The number of hydrogen-bond acceptors (Lipinski definition) is 5. The van der Waals surface area contributed by atoms with E-state index in [2.05, 4.69) is 20.1 Å². The van der Waals surface area contributed by atoms with Crippen LogP contribution in [0.4, 0.5) is 0 Å². The zero-order chi connectivity index (χ0) is 11.1. The van der Waals surface area contributed by atoms with Gasteiger partial charge in [-0.1, -0.05) is 11.3 Å². The summed E-state index contributed by atoms with van der Waals surface area (Å²) < 4.78 is 1.78. The molecule has 0 fully saturated rings. The smallest absolute Gasteiger partial charge is 0.212 e. The molecule has 3 aromatic heterocycles. The Bertz CT molecular complexity index is 623. The van der Waals surface area contributed by atoms with Crippen LogP contribution < -0.4 is 0 Å². The molecule has 0 spiro atoms. The fourth-order valence-corrected chi connectivity index (χ4v) is 2.30. The number of nitrogens with zero attached hydrogens (tertiary/aromatic N) is 5. The minimum Gasteiger partial charge on any atom is -0.258 e. The Morgan fingerprint density at radius 2 is 2.00 bits per heavy atom. The van der Waals surface area contributed by atoms with E-state index in [1.807, 2.05) is 20.0 Å². The molecule has 0 aliphatic rings. The first-order valence-corrected chi connectivity index (χ1v) is 5.66. The summed E-state index contributed by atoms with van der Waals surface area (Å²) in [6.07, 6.45) is 5.24. The molecule has 3 rings (SSSR count). The highest BCUT2D eigenvalue weighted by atomic mass is 32.1. The predicted octanol–water partition coefficient (Wildman–Crippen LogP) is 1.86. The lowest BCUT2D eigenvalue weighted by Crippen LogP contribution is -1.90. The van der Waals surface area contributed by atoms with Crippen molar-refractivity contribution in [3.05, 3.63) is 29.3 Å². The maximum atomic E-state index is 4.48. The SMILES string of the molecule is Cc1nn2cc(-c3nccnc3C)nc2s1. The predicted molar refractivity (Wildman–Crippen MR) is 61.4 cm³/mol. The third-order valence-corrected chi connectivity index (χ3v) is 3.11. The molecule has 0 atom stereocenters. The van der Waals surface area contributed by atoms with E-state index in [1.165, 1.54) is 0 Å². The lowest BCUT2D eigenvalue weighted by atomic mass is 10.2. The fraction of sp³-hybridized carbons (Fsp3) is 0.200. The normalized spacial score (nSPS) is 11.1. The molecule has 6 heteroatoms. The van der Waals surface area contributed by atoms with Crippen molar-refractivity contribution in [1.82, 2.24) is 24.6 Å². The van der Waals surface area contributed by atoms with E-state index in [0.29, 0.717) is 0 Å². The highest BCUT2D eigenvalue weighted by Gasteiger charge is 2.10. The van der Waals surface area contributed by atoms with Crippen LogP contribution in [0.15, 0.2) is 18.6 Å². The number of aromatic nitrogens is 5. The molecule has 16 heavy (non-hydrogen) atoms. The molecule has 3 heterocycles. The van der Waals surface area contributed by atoms with Crippen LogP contribution in [0.2, 0.25) is 0 Å². The monoisotopic (exact) mass is 231 g/mol. The number of imidazole rings is 1. The molecule has 3 aromatic rings. The standard InChI is InChI=1S/C10H9N5S/c1-6-9(12-4-3-11-6)8-5-15-10(13-8)16-7(2)14-15/h3-5H,1-2H3. The first-order valence-electron chi connectivity index (χ1n) is 4.85. The lowest BCUT2D eigenvalue weighted by Gasteiger charge is -1.97. The molecule has 5 nitrogen and oxygen atoms in total. The summed E-state index contributed by atoms with van der Waals surface area (Å²) in [5, 5.41) is 5.32. The molecule has 80 valence electrons. The Hall–Kier alpha value is -1.82. The molecular formula is C10H9N5S. The molecule has 0 saturated carbocycles. The lowest BCUT2D eigenvalue weighted by molar-refractivity contribution is 0.946. The van der Waals surface area contributed by atoms with Gasteiger partial charge in [0.05, 0.1) is 11.9 Å². The summed E-state index contributed by atoms with van der Waals surface area (Å²) >= 11 is 1.57. The van der Waals surface area contributed by atoms with E-state index in [1.54, 1.807) is 28.2 Å². The van der Waals surface area contributed by atoms with Gasteiger partial charge in [0, 0.05) is 12.4 Å². The maximum Gasteiger partial charge on any atom is 0.212 e. The number of rotatable bonds is 1. The van der Waals surface area contributed by atoms with Gasteiger partial charge in [0.15, 0.2) is 0 Å². The highest BCUT2D eigenvalue weighted by molar-refractivity contribution is 7.16. The van der Waals surface area contributed by atoms with Crippen LogP contribution in [-0.2, 0) is 0 Å². The van der Waals surface area contributed by atoms with Gasteiger partial charge in [-0.3, -0.25) is 9.97 Å². The zero-order valence-electron chi connectivity index (χ0n) is 8.88. The van der Waals surface area contributed by atoms with E-state index < -0.39 is 0 Å². The Morgan fingerprint density at radius 1 is 1.19 bits per heavy atom. The van der Waals surface area contributed by atoms with Crippen molar-refractivity contribution in [3.8, 4) is 11.4 Å². The first-order chi connectivity index (χ1) is 7.74. The number of hydrogen-bond donors (Lipinski definition) is 0. The van der Waals surface area contributed by atoms with E-state index in [4.69, 9.17) is 0 Å². The summed E-state index contributed by atoms with van der Waals surface area (Å²) in [6.45, 7) is 3.89. The Kier molecular flexibility index (Phi) is 1.97. The molecule has 0 amide bonds. The summed E-state index contributed by atoms with van der Waals surface area (Å²) in [5.74, 6) is 0. The van der Waals surface area contributed by atoms with Crippen molar-refractivity contribution < 1.29 is 0 Å². The van der Waals surface area contributed by atoms with Crippen molar-refractivity contribution in [2.45, 2.75) is 13.8 Å². The molecule has 0 saturated heterocycles. The third-order valence-electron chi connectivity index (χ3n) is 2.27. The first kappa shape index (κ1) is 9.41. The van der Waals surface area contributed by atoms with Gasteiger partial charge in [-0.15, -0.1) is 0 Å². The molecule has 0 N–H and O–H groups in total. The van der Waals surface area contributed by atoms with Gasteiger partial charge in [0.2, 0.25) is 4.96 Å². The van der Waals surface area contributed by atoms with Crippen molar-refractivity contribution >= 4 is 16.3 Å². The second kappa shape index (κ2) is 3.34. The molecule has 0 aromatic carbocycles. The van der Waals surface area contributed by atoms with Crippen LogP contribution in [-0.4, -0.2) is 24.6 Å². The highest BCUT2D eigenvalue weighted by Crippen LogP contribution is 2.21. The van der Waals surface area contributed by atoms with Crippen LogP contribution in [0.1, 0.15) is 10.7 Å². The Labute approximate surface area is 95.8 Å². The van der Waals surface area contributed by atoms with Crippen molar-refractivity contribution in [3.63, 3.8) is 0 Å². The van der Waals surface area contributed by atoms with Crippen molar-refractivity contribution in [2.75, 3.05) is 0 Å². The second-order valence-corrected chi connectivity index (χ2v) is 4.62. The van der Waals surface area contributed by atoms with Gasteiger partial charge in [0.25, 0.3) is 0 Å². The minimum absolute atomic E-state index is 0.817. The largest absolute Gasteiger partial charge is 0.258 e. The molecule has 0 radical (unpaired) electrons. The van der Waals surface area contributed by atoms with Gasteiger partial charge >= 0.3 is 0 Å². The molecule has 0 aliphatic carbocycles. The zero-order valence-corrected chi connectivity index (χ0v) is 9.69. The number of aryl methyl sites for hydroxylation is 2. The summed E-state index contributed by atoms with van der Waals surface area (Å²) in [7, 11) is 0. The van der Waals surface area contributed by atoms with Crippen LogP contribution >= 0.6 is 11.3 Å². The molecule has 0 unspecified atom stereocenters. The van der Waals surface area contributed by atoms with Crippen LogP contribution in [0.3, 0.4) is 0 Å². The second-order valence-electron chi connectivity index (χ2n) is 3.46. The number of fused-ring (bicyclic) bond motifs is 1. The minimum atomic E-state index is 0.817. The van der Waals surface area contributed by atoms with Crippen LogP contribution in [0.5, 0.6) is 0 Å². The Balaban J connectivity index is 2.19. The van der Waals surface area contributed by atoms with E-state index in [9.17, 15) is 0 Å². The average Bonchev–Trinajstić information content (AvgIpc) is 2.75. The third kappa shape index (κ3) is 1.38. The van der Waals surface area contributed by atoms with Gasteiger partial charge < -0.3 is 0 Å². The van der Waals surface area contributed by atoms with Crippen LogP contribution in [0.25, 0.3) is 16.3 Å². The van der Waals surface area contributed by atoms with Gasteiger partial charge in [-0.25, -0.2) is 9.50 Å². The molecular weight excluding hydrogens is 222 g/mol. The Morgan fingerprint density at radius 3 is 2.75 bits per heavy atom. The van der Waals surface area contributed by atoms with Crippen LogP contribution in [0, 0.1) is 13.8 Å². The van der Waals surface area contributed by atoms with E-state index >= 15 is 0 Å². The molecule has 0 aliphatic heterocycles. The summed E-state index contributed by atoms with van der Waals surface area (Å²) in [4.78, 5) is 13.9. The maximum absolute atomic E-state index is 4.48. The average molecular weight is 231 g/mol. The van der Waals surface area contributed by atoms with Crippen molar-refractivity contribution in [1.29, 1.82) is 0 Å². The van der Waals surface area contributed by atoms with E-state index in [0.717, 1.165) is 27.1 Å². The van der Waals surface area contributed by atoms with Gasteiger partial charge in [0.1, 0.15) is 16.4 Å². The fourth-order valence-electron chi connectivity index (χ4n) is 1.57. The van der Waals surface area contributed by atoms with Gasteiger partial charge in [-0.2, -0.15) is 5.10 Å². The quantitative estimate of drug-likeness (QED) is 0.641.